The van der Waals surface area contributed by atoms with Gasteiger partial charge in [-0.2, -0.15) is 5.10 Å². The molecule has 0 spiro atoms. The lowest BCUT2D eigenvalue weighted by atomic mass is 10.0. The van der Waals surface area contributed by atoms with Crippen LogP contribution in [-0.2, 0) is 0 Å². The molecular weight excluding hydrogens is 302 g/mol. The largest absolute Gasteiger partial charge is 0.479 e. The van der Waals surface area contributed by atoms with Gasteiger partial charge in [-0.25, -0.2) is 9.97 Å². The van der Waals surface area contributed by atoms with Gasteiger partial charge in [0.15, 0.2) is 0 Å². The van der Waals surface area contributed by atoms with Crippen LogP contribution in [0.3, 0.4) is 0 Å². The summed E-state index contributed by atoms with van der Waals surface area (Å²) in [5, 5.41) is 8.14. The zero-order valence-corrected chi connectivity index (χ0v) is 13.7. The van der Waals surface area contributed by atoms with E-state index in [2.05, 4.69) is 34.2 Å². The van der Waals surface area contributed by atoms with Crippen molar-refractivity contribution in [2.24, 2.45) is 0 Å². The van der Waals surface area contributed by atoms with Gasteiger partial charge in [0.2, 0.25) is 5.88 Å². The number of imidazole rings is 1. The fraction of sp³-hybridized carbons (Fsp3) is 0.167. The van der Waals surface area contributed by atoms with Crippen LogP contribution in [0.1, 0.15) is 11.3 Å². The van der Waals surface area contributed by atoms with Crippen molar-refractivity contribution in [2.75, 3.05) is 7.11 Å². The van der Waals surface area contributed by atoms with Gasteiger partial charge in [-0.1, -0.05) is 0 Å². The van der Waals surface area contributed by atoms with Crippen molar-refractivity contribution < 1.29 is 4.74 Å². The standard InChI is InChI=1S/C18H17N5O/c1-11-6-16-13(8-20-22-16)7-14(11)15-4-5-17(18(21-15)24-3)23-9-12(2)19-10-23/h4-10H,1-3H3,(H,20,22). The summed E-state index contributed by atoms with van der Waals surface area (Å²) in [6.45, 7) is 4.02. The Morgan fingerprint density at radius 3 is 2.79 bits per heavy atom. The molecule has 0 aliphatic heterocycles. The van der Waals surface area contributed by atoms with Crippen molar-refractivity contribution in [1.82, 2.24) is 24.7 Å². The van der Waals surface area contributed by atoms with Crippen molar-refractivity contribution in [3.8, 4) is 22.8 Å². The number of fused-ring (bicyclic) bond motifs is 1. The summed E-state index contributed by atoms with van der Waals surface area (Å²) in [6.07, 6.45) is 5.53. The van der Waals surface area contributed by atoms with E-state index in [1.165, 1.54) is 0 Å². The normalized spacial score (nSPS) is 11.1. The molecule has 24 heavy (non-hydrogen) atoms. The zero-order valence-electron chi connectivity index (χ0n) is 13.7. The maximum absolute atomic E-state index is 5.51. The summed E-state index contributed by atoms with van der Waals surface area (Å²) in [5.41, 5.74) is 5.90. The molecule has 0 aliphatic rings. The van der Waals surface area contributed by atoms with Gasteiger partial charge in [-0.3, -0.25) is 5.10 Å². The van der Waals surface area contributed by atoms with E-state index < -0.39 is 0 Å². The highest BCUT2D eigenvalue weighted by Crippen LogP contribution is 2.30. The zero-order chi connectivity index (χ0) is 16.7. The molecule has 1 aromatic carbocycles. The Labute approximate surface area is 139 Å². The number of nitrogens with zero attached hydrogens (tertiary/aromatic N) is 4. The fourth-order valence-electron chi connectivity index (χ4n) is 2.86. The van der Waals surface area contributed by atoms with E-state index in [0.29, 0.717) is 5.88 Å². The van der Waals surface area contributed by atoms with E-state index in [-0.39, 0.29) is 0 Å². The van der Waals surface area contributed by atoms with Crippen LogP contribution < -0.4 is 4.74 Å². The number of ether oxygens (including phenoxy) is 1. The molecule has 0 atom stereocenters. The second kappa shape index (κ2) is 5.49. The molecule has 0 bridgehead atoms. The lowest BCUT2D eigenvalue weighted by molar-refractivity contribution is 0.396. The first-order valence-corrected chi connectivity index (χ1v) is 7.66. The van der Waals surface area contributed by atoms with Crippen LogP contribution in [0.2, 0.25) is 0 Å². The Kier molecular flexibility index (Phi) is 3.30. The third kappa shape index (κ3) is 2.32. The SMILES string of the molecule is COc1nc(-c2cc3cn[nH]c3cc2C)ccc1-n1cnc(C)c1. The molecule has 0 aliphatic carbocycles. The number of aromatic amines is 1. The second-order valence-electron chi connectivity index (χ2n) is 5.77. The molecule has 4 aromatic rings. The number of aryl methyl sites for hydroxylation is 2. The summed E-state index contributed by atoms with van der Waals surface area (Å²) in [7, 11) is 1.63. The maximum Gasteiger partial charge on any atom is 0.238 e. The first-order chi connectivity index (χ1) is 11.7. The van der Waals surface area contributed by atoms with E-state index in [0.717, 1.165) is 39.1 Å². The average Bonchev–Trinajstić information content (AvgIpc) is 3.21. The van der Waals surface area contributed by atoms with Gasteiger partial charge in [-0.15, -0.1) is 0 Å². The minimum atomic E-state index is 0.566. The quantitative estimate of drug-likeness (QED) is 0.628. The minimum Gasteiger partial charge on any atom is -0.479 e. The van der Waals surface area contributed by atoms with Gasteiger partial charge < -0.3 is 9.30 Å². The van der Waals surface area contributed by atoms with Crippen LogP contribution in [0, 0.1) is 13.8 Å². The summed E-state index contributed by atoms with van der Waals surface area (Å²) in [5.74, 6) is 0.566. The highest BCUT2D eigenvalue weighted by Gasteiger charge is 2.12. The molecule has 3 heterocycles. The van der Waals surface area contributed by atoms with E-state index in [1.54, 1.807) is 13.4 Å². The Balaban J connectivity index is 1.85. The molecule has 0 fully saturated rings. The van der Waals surface area contributed by atoms with E-state index >= 15 is 0 Å². The van der Waals surface area contributed by atoms with Gasteiger partial charge >= 0.3 is 0 Å². The van der Waals surface area contributed by atoms with Crippen LogP contribution in [-0.4, -0.2) is 31.8 Å². The molecular formula is C18H17N5O. The number of rotatable bonds is 3. The van der Waals surface area contributed by atoms with Crippen molar-refractivity contribution in [2.45, 2.75) is 13.8 Å². The molecule has 0 unspecified atom stereocenters. The first-order valence-electron chi connectivity index (χ1n) is 7.66. The van der Waals surface area contributed by atoms with Crippen molar-refractivity contribution in [3.63, 3.8) is 0 Å². The van der Waals surface area contributed by atoms with Crippen LogP contribution in [0.25, 0.3) is 27.8 Å². The van der Waals surface area contributed by atoms with Gasteiger partial charge in [0.05, 0.1) is 36.5 Å². The minimum absolute atomic E-state index is 0.566. The molecule has 6 heteroatoms. The van der Waals surface area contributed by atoms with E-state index in [1.807, 2.05) is 36.0 Å². The smallest absolute Gasteiger partial charge is 0.238 e. The van der Waals surface area contributed by atoms with Gasteiger partial charge in [0, 0.05) is 17.1 Å². The Bertz CT molecular complexity index is 1030. The Hall–Kier alpha value is -3.15. The lowest BCUT2D eigenvalue weighted by Gasteiger charge is -2.11. The highest BCUT2D eigenvalue weighted by atomic mass is 16.5. The van der Waals surface area contributed by atoms with Crippen LogP contribution in [0.4, 0.5) is 0 Å². The molecule has 4 rings (SSSR count). The maximum atomic E-state index is 5.51. The van der Waals surface area contributed by atoms with Crippen molar-refractivity contribution in [1.29, 1.82) is 0 Å². The van der Waals surface area contributed by atoms with Gasteiger partial charge in [-0.05, 0) is 43.7 Å². The third-order valence-corrected chi connectivity index (χ3v) is 4.08. The summed E-state index contributed by atoms with van der Waals surface area (Å²) in [4.78, 5) is 8.96. The van der Waals surface area contributed by atoms with Gasteiger partial charge in [0.1, 0.15) is 5.69 Å². The average molecular weight is 319 g/mol. The number of methoxy groups -OCH3 is 1. The van der Waals surface area contributed by atoms with Crippen molar-refractivity contribution >= 4 is 10.9 Å². The monoisotopic (exact) mass is 319 g/mol. The van der Waals surface area contributed by atoms with Crippen LogP contribution >= 0.6 is 0 Å². The molecule has 120 valence electrons. The molecule has 0 amide bonds. The molecule has 0 saturated heterocycles. The number of hydrogen-bond acceptors (Lipinski definition) is 4. The second-order valence-corrected chi connectivity index (χ2v) is 5.77. The third-order valence-electron chi connectivity index (χ3n) is 4.08. The Morgan fingerprint density at radius 2 is 2.04 bits per heavy atom. The number of hydrogen-bond donors (Lipinski definition) is 1. The number of pyridine rings is 1. The van der Waals surface area contributed by atoms with Crippen LogP contribution in [0.15, 0.2) is 43.0 Å². The molecule has 0 radical (unpaired) electrons. The first kappa shape index (κ1) is 14.4. The number of H-pyrrole nitrogens is 1. The van der Waals surface area contributed by atoms with E-state index in [9.17, 15) is 0 Å². The topological polar surface area (TPSA) is 68.6 Å². The number of nitrogens with one attached hydrogen (secondary N) is 1. The summed E-state index contributed by atoms with van der Waals surface area (Å²) < 4.78 is 7.42. The van der Waals surface area contributed by atoms with Gasteiger partial charge in [0.25, 0.3) is 0 Å². The van der Waals surface area contributed by atoms with E-state index in [4.69, 9.17) is 9.72 Å². The molecule has 1 N–H and O–H groups in total. The Morgan fingerprint density at radius 1 is 1.17 bits per heavy atom. The lowest BCUT2D eigenvalue weighted by Crippen LogP contribution is -1.99. The predicted octanol–water partition coefficient (Wildman–Crippen LogP) is 3.44. The molecule has 6 nitrogen and oxygen atoms in total. The fourth-order valence-corrected chi connectivity index (χ4v) is 2.86. The number of aromatic nitrogens is 5. The summed E-state index contributed by atoms with van der Waals surface area (Å²) in [6, 6.07) is 8.18. The highest BCUT2D eigenvalue weighted by molar-refractivity contribution is 5.85. The predicted molar refractivity (Wildman–Crippen MR) is 92.5 cm³/mol. The van der Waals surface area contributed by atoms with Crippen molar-refractivity contribution in [3.05, 3.63) is 54.2 Å². The van der Waals surface area contributed by atoms with Crippen LogP contribution in [0.5, 0.6) is 5.88 Å². The molecule has 0 saturated carbocycles. The summed E-state index contributed by atoms with van der Waals surface area (Å²) >= 11 is 0. The number of benzene rings is 1. The molecule has 3 aromatic heterocycles.